The molecule has 5 rings (SSSR count). The molecule has 0 saturated heterocycles. The van der Waals surface area contributed by atoms with Gasteiger partial charge in [0.1, 0.15) is 0 Å². The monoisotopic (exact) mass is 670 g/mol. The van der Waals surface area contributed by atoms with E-state index in [9.17, 15) is 0 Å². The van der Waals surface area contributed by atoms with Crippen LogP contribution >= 0.6 is 15.8 Å². The van der Waals surface area contributed by atoms with Crippen molar-refractivity contribution in [3.63, 3.8) is 0 Å². The summed E-state index contributed by atoms with van der Waals surface area (Å²) in [5.74, 6) is 0. The maximum atomic E-state index is 2.51. The van der Waals surface area contributed by atoms with E-state index in [1.165, 1.54) is 73.6 Å². The van der Waals surface area contributed by atoms with Crippen molar-refractivity contribution in [2.24, 2.45) is 0 Å². The molecule has 0 aliphatic rings. The molecule has 0 heterocycles. The van der Waals surface area contributed by atoms with Crippen molar-refractivity contribution in [1.29, 1.82) is 0 Å². The summed E-state index contributed by atoms with van der Waals surface area (Å²) in [6, 6.07) is 47.4. The highest BCUT2D eigenvalue weighted by Crippen LogP contribution is 2.42. The van der Waals surface area contributed by atoms with Gasteiger partial charge in [-0.1, -0.05) is 175 Å². The van der Waals surface area contributed by atoms with Crippen molar-refractivity contribution < 1.29 is 0 Å². The summed E-state index contributed by atoms with van der Waals surface area (Å²) in [4.78, 5) is 0. The lowest BCUT2D eigenvalue weighted by molar-refractivity contribution is 0.797. The summed E-state index contributed by atoms with van der Waals surface area (Å²) in [6.45, 7) is 9.28. The zero-order valence-electron chi connectivity index (χ0n) is 29.9. The van der Waals surface area contributed by atoms with Crippen LogP contribution in [0.25, 0.3) is 0 Å². The number of hydrogen-bond donors (Lipinski definition) is 0. The van der Waals surface area contributed by atoms with Gasteiger partial charge in [0.2, 0.25) is 0 Å². The van der Waals surface area contributed by atoms with E-state index in [1.807, 2.05) is 0 Å². The van der Waals surface area contributed by atoms with Crippen molar-refractivity contribution >= 4 is 47.7 Å². The lowest BCUT2D eigenvalue weighted by Crippen LogP contribution is -2.37. The SMILES string of the molecule is CCCCc1ccccc1P(c1ccccc1CCCC)c1ccccc1P(c1ccccc1CCCC)c1ccccc1CCCC. The third-order valence-corrected chi connectivity index (χ3v) is 15.1. The van der Waals surface area contributed by atoms with Gasteiger partial charge in [-0.2, -0.15) is 0 Å². The van der Waals surface area contributed by atoms with E-state index in [-0.39, 0.29) is 0 Å². The Balaban J connectivity index is 1.82. The van der Waals surface area contributed by atoms with E-state index < -0.39 is 15.8 Å². The fraction of sp³-hybridized carbons (Fsp3) is 0.348. The number of hydrogen-bond acceptors (Lipinski definition) is 0. The lowest BCUT2D eigenvalue weighted by atomic mass is 10.1. The Morgan fingerprint density at radius 2 is 0.500 bits per heavy atom. The van der Waals surface area contributed by atoms with Gasteiger partial charge >= 0.3 is 0 Å². The molecule has 250 valence electrons. The molecule has 0 amide bonds. The standard InChI is InChI=1S/C46H56P2/c1-5-9-23-37-27-13-17-31-41(37)47(42-32-18-14-28-38(42)24-10-6-2)45-35-21-22-36-46(45)48(43-33-19-15-29-39(43)25-11-7-3)44-34-20-16-30-40(44)26-12-8-4/h13-22,27-36H,5-12,23-26H2,1-4H3. The second-order valence-corrected chi connectivity index (χ2v) is 17.3. The fourth-order valence-corrected chi connectivity index (χ4v) is 12.9. The molecule has 0 fully saturated rings. The predicted molar refractivity (Wildman–Crippen MR) is 218 cm³/mol. The van der Waals surface area contributed by atoms with E-state index in [2.05, 4.69) is 149 Å². The molecule has 0 N–H and O–H groups in total. The Kier molecular flexibility index (Phi) is 14.5. The molecule has 0 unspecified atom stereocenters. The number of unbranched alkanes of at least 4 members (excludes halogenated alkanes) is 4. The van der Waals surface area contributed by atoms with Crippen molar-refractivity contribution in [2.75, 3.05) is 0 Å². The number of rotatable bonds is 18. The van der Waals surface area contributed by atoms with Crippen LogP contribution in [0.3, 0.4) is 0 Å². The van der Waals surface area contributed by atoms with Gasteiger partial charge in [0.25, 0.3) is 0 Å². The van der Waals surface area contributed by atoms with Crippen molar-refractivity contribution in [2.45, 2.75) is 105 Å². The summed E-state index contributed by atoms with van der Waals surface area (Å²) in [5.41, 5.74) is 6.12. The summed E-state index contributed by atoms with van der Waals surface area (Å²) in [6.07, 6.45) is 14.3. The van der Waals surface area contributed by atoms with E-state index in [0.717, 1.165) is 25.7 Å². The molecular weight excluding hydrogens is 614 g/mol. The van der Waals surface area contributed by atoms with Crippen LogP contribution in [-0.4, -0.2) is 0 Å². The normalized spacial score (nSPS) is 11.5. The molecule has 0 spiro atoms. The van der Waals surface area contributed by atoms with Crippen LogP contribution < -0.4 is 31.8 Å². The van der Waals surface area contributed by atoms with Gasteiger partial charge in [0.05, 0.1) is 0 Å². The van der Waals surface area contributed by atoms with Crippen molar-refractivity contribution in [3.8, 4) is 0 Å². The molecule has 0 atom stereocenters. The van der Waals surface area contributed by atoms with Crippen LogP contribution in [0.1, 0.15) is 101 Å². The Morgan fingerprint density at radius 3 is 0.729 bits per heavy atom. The molecule has 0 nitrogen and oxygen atoms in total. The first-order valence-electron chi connectivity index (χ1n) is 18.7. The lowest BCUT2D eigenvalue weighted by Gasteiger charge is -2.31. The summed E-state index contributed by atoms with van der Waals surface area (Å²) < 4.78 is 0. The molecular formula is C46H56P2. The second-order valence-electron chi connectivity index (χ2n) is 13.1. The zero-order valence-corrected chi connectivity index (χ0v) is 31.7. The maximum Gasteiger partial charge on any atom is -0.00674 e. The van der Waals surface area contributed by atoms with Gasteiger partial charge in [-0.15, -0.1) is 0 Å². The zero-order chi connectivity index (χ0) is 33.6. The molecule has 0 aromatic heterocycles. The maximum absolute atomic E-state index is 2.51. The second kappa shape index (κ2) is 19.2. The highest BCUT2D eigenvalue weighted by atomic mass is 31.1. The van der Waals surface area contributed by atoms with Crippen molar-refractivity contribution in [1.82, 2.24) is 0 Å². The van der Waals surface area contributed by atoms with E-state index in [0.29, 0.717) is 0 Å². The van der Waals surface area contributed by atoms with Gasteiger partial charge in [0, 0.05) is 0 Å². The van der Waals surface area contributed by atoms with Gasteiger partial charge in [-0.05, 0) is 121 Å². The Hall–Kier alpha value is -3.04. The van der Waals surface area contributed by atoms with Crippen LogP contribution in [-0.2, 0) is 25.7 Å². The third-order valence-electron chi connectivity index (χ3n) is 9.49. The molecule has 0 radical (unpaired) electrons. The predicted octanol–water partition coefficient (Wildman–Crippen LogP) is 10.6. The molecule has 0 saturated carbocycles. The van der Waals surface area contributed by atoms with Crippen LogP contribution in [0.5, 0.6) is 0 Å². The molecule has 2 heteroatoms. The Labute approximate surface area is 294 Å². The minimum absolute atomic E-state index is 0.780. The fourth-order valence-electron chi connectivity index (χ4n) is 6.85. The topological polar surface area (TPSA) is 0 Å². The number of aryl methyl sites for hydroxylation is 4. The van der Waals surface area contributed by atoms with Gasteiger partial charge in [-0.3, -0.25) is 0 Å². The average Bonchev–Trinajstić information content (AvgIpc) is 3.14. The van der Waals surface area contributed by atoms with Crippen LogP contribution in [0.2, 0.25) is 0 Å². The van der Waals surface area contributed by atoms with E-state index in [4.69, 9.17) is 0 Å². The Bertz CT molecular complexity index is 1470. The molecule has 0 bridgehead atoms. The molecule has 0 aliphatic heterocycles. The first kappa shape index (κ1) is 36.2. The third kappa shape index (κ3) is 8.94. The summed E-state index contributed by atoms with van der Waals surface area (Å²) in [5, 5.41) is 9.28. The van der Waals surface area contributed by atoms with E-state index >= 15 is 0 Å². The van der Waals surface area contributed by atoms with Gasteiger partial charge < -0.3 is 0 Å². The highest BCUT2D eigenvalue weighted by Gasteiger charge is 2.29. The molecule has 5 aromatic carbocycles. The Morgan fingerprint density at radius 1 is 0.292 bits per heavy atom. The minimum Gasteiger partial charge on any atom is -0.0654 e. The smallest absolute Gasteiger partial charge is 0.00674 e. The van der Waals surface area contributed by atoms with Gasteiger partial charge in [0.15, 0.2) is 0 Å². The number of benzene rings is 5. The van der Waals surface area contributed by atoms with Crippen LogP contribution in [0.15, 0.2) is 121 Å². The van der Waals surface area contributed by atoms with Crippen LogP contribution in [0, 0.1) is 0 Å². The first-order chi connectivity index (χ1) is 23.7. The van der Waals surface area contributed by atoms with E-state index in [1.54, 1.807) is 31.8 Å². The molecule has 0 aliphatic carbocycles. The quantitative estimate of drug-likeness (QED) is 0.0814. The summed E-state index contributed by atoms with van der Waals surface area (Å²) in [7, 11) is -1.56. The minimum atomic E-state index is -0.780. The first-order valence-corrected chi connectivity index (χ1v) is 21.4. The molecule has 5 aromatic rings. The van der Waals surface area contributed by atoms with Crippen LogP contribution in [0.4, 0.5) is 0 Å². The van der Waals surface area contributed by atoms with Gasteiger partial charge in [-0.25, -0.2) is 0 Å². The molecule has 48 heavy (non-hydrogen) atoms. The average molecular weight is 671 g/mol. The van der Waals surface area contributed by atoms with Crippen molar-refractivity contribution in [3.05, 3.63) is 144 Å². The summed E-state index contributed by atoms with van der Waals surface area (Å²) >= 11 is 0. The largest absolute Gasteiger partial charge is 0.0654 e. The highest BCUT2D eigenvalue weighted by molar-refractivity contribution is 7.85.